The van der Waals surface area contributed by atoms with Gasteiger partial charge in [0, 0.05) is 10.6 Å². The van der Waals surface area contributed by atoms with Gasteiger partial charge < -0.3 is 0 Å². The molecule has 1 aliphatic rings. The van der Waals surface area contributed by atoms with Crippen molar-refractivity contribution in [2.75, 3.05) is 14.1 Å². The number of likely N-dealkylation sites (N-methyl/N-ethyl adjacent to an activating group) is 1. The smallest absolute Gasteiger partial charge is 0.184 e. The fourth-order valence-corrected chi connectivity index (χ4v) is 3.64. The van der Waals surface area contributed by atoms with E-state index in [0.717, 1.165) is 19.3 Å². The first kappa shape index (κ1) is 15.8. The zero-order chi connectivity index (χ0) is 14.9. The van der Waals surface area contributed by atoms with Gasteiger partial charge in [-0.25, -0.2) is 0 Å². The van der Waals surface area contributed by atoms with Crippen LogP contribution in [0.2, 0.25) is 10.0 Å². The first-order valence-electron chi connectivity index (χ1n) is 7.04. The van der Waals surface area contributed by atoms with Crippen LogP contribution in [0, 0.1) is 5.92 Å². The minimum Gasteiger partial charge on any atom is -0.297 e. The summed E-state index contributed by atoms with van der Waals surface area (Å²) in [5.74, 6) is 0.648. The molecule has 1 aromatic rings. The van der Waals surface area contributed by atoms with E-state index in [9.17, 15) is 4.79 Å². The molecular formula is C16H21Cl2NO. The Balaban J connectivity index is 2.44. The number of hydrogen-bond donors (Lipinski definition) is 0. The van der Waals surface area contributed by atoms with E-state index < -0.39 is 5.54 Å². The fourth-order valence-electron chi connectivity index (χ4n) is 3.26. The summed E-state index contributed by atoms with van der Waals surface area (Å²) in [6.45, 7) is 2.21. The summed E-state index contributed by atoms with van der Waals surface area (Å²) < 4.78 is 0. The largest absolute Gasteiger partial charge is 0.297 e. The summed E-state index contributed by atoms with van der Waals surface area (Å²) in [5.41, 5.74) is 0.0911. The van der Waals surface area contributed by atoms with Crippen molar-refractivity contribution in [2.45, 2.75) is 38.1 Å². The molecule has 0 amide bonds. The number of hydrogen-bond acceptors (Lipinski definition) is 2. The Morgan fingerprint density at radius 2 is 2.05 bits per heavy atom. The van der Waals surface area contributed by atoms with Crippen molar-refractivity contribution in [1.29, 1.82) is 0 Å². The molecule has 1 aliphatic carbocycles. The topological polar surface area (TPSA) is 20.3 Å². The lowest BCUT2D eigenvalue weighted by Gasteiger charge is -2.44. The van der Waals surface area contributed by atoms with E-state index in [2.05, 4.69) is 11.8 Å². The predicted molar refractivity (Wildman–Crippen MR) is 84.8 cm³/mol. The lowest BCUT2D eigenvalue weighted by Crippen LogP contribution is -2.53. The lowest BCUT2D eigenvalue weighted by atomic mass is 9.71. The molecule has 0 saturated heterocycles. The molecule has 0 bridgehead atoms. The highest BCUT2D eigenvalue weighted by Gasteiger charge is 2.44. The van der Waals surface area contributed by atoms with Crippen molar-refractivity contribution in [1.82, 2.24) is 4.90 Å². The quantitative estimate of drug-likeness (QED) is 0.755. The maximum Gasteiger partial charge on any atom is 0.184 e. The van der Waals surface area contributed by atoms with Gasteiger partial charge in [0.2, 0.25) is 0 Å². The number of carbonyl (C=O) groups excluding carboxylic acids is 1. The van der Waals surface area contributed by atoms with E-state index in [0.29, 0.717) is 21.5 Å². The van der Waals surface area contributed by atoms with Gasteiger partial charge in [-0.3, -0.25) is 9.69 Å². The Bertz CT molecular complexity index is 515. The fraction of sp³-hybridized carbons (Fsp3) is 0.562. The minimum atomic E-state index is -0.452. The molecule has 110 valence electrons. The molecule has 0 radical (unpaired) electrons. The van der Waals surface area contributed by atoms with E-state index in [1.165, 1.54) is 6.42 Å². The van der Waals surface area contributed by atoms with Crippen LogP contribution in [0.3, 0.4) is 0 Å². The molecule has 2 nitrogen and oxygen atoms in total. The third kappa shape index (κ3) is 2.88. The molecular weight excluding hydrogens is 293 g/mol. The van der Waals surface area contributed by atoms with Gasteiger partial charge in [0.15, 0.2) is 5.78 Å². The normalized spacial score (nSPS) is 26.8. The van der Waals surface area contributed by atoms with Crippen LogP contribution in [0.25, 0.3) is 0 Å². The number of carbonyl (C=O) groups is 1. The predicted octanol–water partition coefficient (Wildman–Crippen LogP) is 4.69. The monoisotopic (exact) mass is 313 g/mol. The van der Waals surface area contributed by atoms with Gasteiger partial charge in [0.05, 0.1) is 10.6 Å². The Morgan fingerprint density at radius 3 is 2.65 bits per heavy atom. The summed E-state index contributed by atoms with van der Waals surface area (Å²) >= 11 is 12.2. The third-order valence-electron chi connectivity index (χ3n) is 4.43. The van der Waals surface area contributed by atoms with Gasteiger partial charge in [0.25, 0.3) is 0 Å². The average molecular weight is 314 g/mol. The number of ketones is 1. The van der Waals surface area contributed by atoms with Crippen LogP contribution in [0.5, 0.6) is 0 Å². The molecule has 0 aliphatic heterocycles. The van der Waals surface area contributed by atoms with E-state index in [4.69, 9.17) is 23.2 Å². The molecule has 0 spiro atoms. The van der Waals surface area contributed by atoms with E-state index in [1.54, 1.807) is 18.2 Å². The Labute approximate surface area is 131 Å². The zero-order valence-electron chi connectivity index (χ0n) is 12.2. The SMILES string of the molecule is CC1CCCC(C(=O)c2cc(Cl)ccc2Cl)(N(C)C)C1. The van der Waals surface area contributed by atoms with E-state index >= 15 is 0 Å². The van der Waals surface area contributed by atoms with Crippen LogP contribution >= 0.6 is 23.2 Å². The molecule has 2 unspecified atom stereocenters. The molecule has 0 aromatic heterocycles. The van der Waals surface area contributed by atoms with Crippen molar-refractivity contribution >= 4 is 29.0 Å². The molecule has 20 heavy (non-hydrogen) atoms. The molecule has 1 saturated carbocycles. The Hall–Kier alpha value is -0.570. The van der Waals surface area contributed by atoms with Crippen LogP contribution in [0.15, 0.2) is 18.2 Å². The Kier molecular flexibility index (Phi) is 4.78. The number of benzene rings is 1. The summed E-state index contributed by atoms with van der Waals surface area (Å²) in [4.78, 5) is 15.2. The zero-order valence-corrected chi connectivity index (χ0v) is 13.8. The van der Waals surface area contributed by atoms with Gasteiger partial charge in [-0.15, -0.1) is 0 Å². The van der Waals surface area contributed by atoms with Gasteiger partial charge in [-0.1, -0.05) is 43.0 Å². The number of nitrogens with zero attached hydrogens (tertiary/aromatic N) is 1. The molecule has 1 aromatic carbocycles. The first-order chi connectivity index (χ1) is 9.36. The van der Waals surface area contributed by atoms with Gasteiger partial charge in [-0.05, 0) is 51.1 Å². The second kappa shape index (κ2) is 6.05. The molecule has 2 rings (SSSR count). The average Bonchev–Trinajstić information content (AvgIpc) is 2.40. The standard InChI is InChI=1S/C16H21Cl2NO/c1-11-5-4-8-16(10-11,19(2)3)15(20)13-9-12(17)6-7-14(13)18/h6-7,9,11H,4-5,8,10H2,1-3H3. The Morgan fingerprint density at radius 1 is 1.35 bits per heavy atom. The van der Waals surface area contributed by atoms with Crippen LogP contribution in [-0.2, 0) is 0 Å². The summed E-state index contributed by atoms with van der Waals surface area (Å²) in [6.07, 6.45) is 4.02. The molecule has 2 atom stereocenters. The van der Waals surface area contributed by atoms with E-state index in [1.807, 2.05) is 14.1 Å². The number of halogens is 2. The van der Waals surface area contributed by atoms with E-state index in [-0.39, 0.29) is 5.78 Å². The summed E-state index contributed by atoms with van der Waals surface area (Å²) in [6, 6.07) is 5.11. The summed E-state index contributed by atoms with van der Waals surface area (Å²) in [7, 11) is 3.96. The summed E-state index contributed by atoms with van der Waals surface area (Å²) in [5, 5.41) is 1.04. The second-order valence-corrected chi connectivity index (χ2v) is 6.92. The molecule has 1 fully saturated rings. The lowest BCUT2D eigenvalue weighted by molar-refractivity contribution is 0.0486. The van der Waals surface area contributed by atoms with Gasteiger partial charge >= 0.3 is 0 Å². The highest BCUT2D eigenvalue weighted by Crippen LogP contribution is 2.39. The first-order valence-corrected chi connectivity index (χ1v) is 7.80. The van der Waals surface area contributed by atoms with Crippen molar-refractivity contribution in [3.05, 3.63) is 33.8 Å². The maximum atomic E-state index is 13.1. The van der Waals surface area contributed by atoms with Crippen molar-refractivity contribution in [3.63, 3.8) is 0 Å². The molecule has 0 heterocycles. The highest BCUT2D eigenvalue weighted by molar-refractivity contribution is 6.36. The van der Waals surface area contributed by atoms with Crippen LogP contribution in [-0.4, -0.2) is 30.3 Å². The third-order valence-corrected chi connectivity index (χ3v) is 4.99. The number of rotatable bonds is 3. The van der Waals surface area contributed by atoms with Gasteiger partial charge in [0.1, 0.15) is 0 Å². The van der Waals surface area contributed by atoms with Crippen molar-refractivity contribution < 1.29 is 4.79 Å². The highest BCUT2D eigenvalue weighted by atomic mass is 35.5. The van der Waals surface area contributed by atoms with Crippen LogP contribution < -0.4 is 0 Å². The second-order valence-electron chi connectivity index (χ2n) is 6.08. The minimum absolute atomic E-state index is 0.0987. The van der Waals surface area contributed by atoms with Gasteiger partial charge in [-0.2, -0.15) is 0 Å². The van der Waals surface area contributed by atoms with Crippen molar-refractivity contribution in [3.8, 4) is 0 Å². The van der Waals surface area contributed by atoms with Crippen molar-refractivity contribution in [2.24, 2.45) is 5.92 Å². The maximum absolute atomic E-state index is 13.1. The molecule has 0 N–H and O–H groups in total. The van der Waals surface area contributed by atoms with Crippen LogP contribution in [0.4, 0.5) is 0 Å². The van der Waals surface area contributed by atoms with Crippen LogP contribution in [0.1, 0.15) is 43.0 Å². The number of Topliss-reactive ketones (excluding diaryl/α,β-unsaturated/α-hetero) is 1. The molecule has 4 heteroatoms.